The van der Waals surface area contributed by atoms with Gasteiger partial charge in [0.1, 0.15) is 0 Å². The second kappa shape index (κ2) is 6.57. The third-order valence-corrected chi connectivity index (χ3v) is 5.00. The Morgan fingerprint density at radius 3 is 2.83 bits per heavy atom. The summed E-state index contributed by atoms with van der Waals surface area (Å²) in [6.07, 6.45) is 1.76. The molecule has 0 aliphatic carbocycles. The van der Waals surface area contributed by atoms with Crippen molar-refractivity contribution in [1.29, 1.82) is 0 Å². The lowest BCUT2D eigenvalue weighted by Gasteiger charge is -2.22. The van der Waals surface area contributed by atoms with E-state index in [2.05, 4.69) is 6.07 Å². The molecule has 0 saturated carbocycles. The monoisotopic (exact) mass is 345 g/mol. The van der Waals surface area contributed by atoms with Crippen molar-refractivity contribution in [2.75, 3.05) is 19.8 Å². The van der Waals surface area contributed by atoms with Crippen LogP contribution in [-0.4, -0.2) is 40.3 Å². The predicted octanol–water partition coefficient (Wildman–Crippen LogP) is 2.97. The van der Waals surface area contributed by atoms with E-state index in [4.69, 9.17) is 21.4 Å². The van der Waals surface area contributed by atoms with Gasteiger partial charge in [0.25, 0.3) is 0 Å². The third-order valence-electron chi connectivity index (χ3n) is 4.74. The fraction of sp³-hybridized carbons (Fsp3) is 0.444. The van der Waals surface area contributed by atoms with Crippen LogP contribution in [0.5, 0.6) is 0 Å². The lowest BCUT2D eigenvalue weighted by Crippen LogP contribution is -2.36. The van der Waals surface area contributed by atoms with Gasteiger partial charge in [-0.05, 0) is 31.0 Å². The van der Waals surface area contributed by atoms with Gasteiger partial charge in [-0.2, -0.15) is 5.10 Å². The predicted molar refractivity (Wildman–Crippen MR) is 91.6 cm³/mol. The average molecular weight is 346 g/mol. The van der Waals surface area contributed by atoms with Crippen LogP contribution in [0.25, 0.3) is 11.3 Å². The molecule has 2 aliphatic heterocycles. The molecule has 0 unspecified atom stereocenters. The number of carbonyl (C=O) groups excluding carboxylic acids is 1. The Bertz CT molecular complexity index is 735. The lowest BCUT2D eigenvalue weighted by atomic mass is 10.1. The highest BCUT2D eigenvalue weighted by Crippen LogP contribution is 2.25. The first-order valence-corrected chi connectivity index (χ1v) is 8.78. The van der Waals surface area contributed by atoms with E-state index in [9.17, 15) is 4.79 Å². The fourth-order valence-corrected chi connectivity index (χ4v) is 3.53. The molecule has 0 bridgehead atoms. The number of hydrogen-bond donors (Lipinski definition) is 0. The molecule has 126 valence electrons. The number of ether oxygens (including phenoxy) is 1. The molecule has 2 aromatic rings. The quantitative estimate of drug-likeness (QED) is 0.840. The molecule has 4 rings (SSSR count). The van der Waals surface area contributed by atoms with Crippen LogP contribution >= 0.6 is 11.6 Å². The molecule has 6 heteroatoms. The smallest absolute Gasteiger partial charge is 0.228 e. The second-order valence-corrected chi connectivity index (χ2v) is 6.86. The normalized spacial score (nSPS) is 20.7. The molecule has 1 amide bonds. The van der Waals surface area contributed by atoms with Crippen LogP contribution < -0.4 is 0 Å². The lowest BCUT2D eigenvalue weighted by molar-refractivity contribution is -0.136. The largest absolute Gasteiger partial charge is 0.381 e. The Hall–Kier alpha value is -1.85. The van der Waals surface area contributed by atoms with Gasteiger partial charge in [-0.25, -0.2) is 0 Å². The summed E-state index contributed by atoms with van der Waals surface area (Å²) >= 11 is 5.96. The summed E-state index contributed by atoms with van der Waals surface area (Å²) in [6, 6.07) is 9.78. The molecule has 24 heavy (non-hydrogen) atoms. The Labute approximate surface area is 146 Å². The van der Waals surface area contributed by atoms with E-state index >= 15 is 0 Å². The van der Waals surface area contributed by atoms with Gasteiger partial charge < -0.3 is 9.64 Å². The Morgan fingerprint density at radius 2 is 2.08 bits per heavy atom. The van der Waals surface area contributed by atoms with Gasteiger partial charge in [0.15, 0.2) is 0 Å². The second-order valence-electron chi connectivity index (χ2n) is 6.42. The molecule has 0 spiro atoms. The minimum atomic E-state index is 0.0233. The van der Waals surface area contributed by atoms with E-state index in [1.807, 2.05) is 33.8 Å². The molecule has 1 saturated heterocycles. The highest BCUT2D eigenvalue weighted by atomic mass is 35.5. The maximum absolute atomic E-state index is 12.7. The standard InChI is InChI=1S/C18H20ClN3O2/c19-15-4-2-13(3-5-15)17-10-16-11-21(7-1-8-22(16)20-17)18(23)14-6-9-24-12-14/h2-5,10,14H,1,6-9,11-12H2/t14-/m0/s1. The number of nitrogens with zero attached hydrogens (tertiary/aromatic N) is 3. The molecule has 2 aliphatic rings. The molecule has 1 aromatic heterocycles. The van der Waals surface area contributed by atoms with E-state index in [1.54, 1.807) is 0 Å². The van der Waals surface area contributed by atoms with Crippen LogP contribution in [0.2, 0.25) is 5.02 Å². The van der Waals surface area contributed by atoms with Crippen molar-refractivity contribution in [2.45, 2.75) is 25.9 Å². The minimum Gasteiger partial charge on any atom is -0.381 e. The summed E-state index contributed by atoms with van der Waals surface area (Å²) in [6.45, 7) is 3.51. The van der Waals surface area contributed by atoms with E-state index in [-0.39, 0.29) is 11.8 Å². The number of fused-ring (bicyclic) bond motifs is 1. The Kier molecular flexibility index (Phi) is 4.29. The van der Waals surface area contributed by atoms with Crippen molar-refractivity contribution >= 4 is 17.5 Å². The number of rotatable bonds is 2. The number of hydrogen-bond acceptors (Lipinski definition) is 3. The SMILES string of the molecule is O=C([C@H]1CCOC1)N1CCCn2nc(-c3ccc(Cl)cc3)cc2C1. The van der Waals surface area contributed by atoms with Crippen molar-refractivity contribution in [3.05, 3.63) is 41.0 Å². The molecule has 0 N–H and O–H groups in total. The van der Waals surface area contributed by atoms with Crippen molar-refractivity contribution in [3.8, 4) is 11.3 Å². The van der Waals surface area contributed by atoms with Gasteiger partial charge in [0, 0.05) is 30.3 Å². The summed E-state index contributed by atoms with van der Waals surface area (Å²) in [5, 5.41) is 5.43. The summed E-state index contributed by atoms with van der Waals surface area (Å²) in [5.41, 5.74) is 3.06. The fourth-order valence-electron chi connectivity index (χ4n) is 3.40. The van der Waals surface area contributed by atoms with Crippen LogP contribution in [0.3, 0.4) is 0 Å². The molecule has 1 fully saturated rings. The van der Waals surface area contributed by atoms with E-state index < -0.39 is 0 Å². The summed E-state index contributed by atoms with van der Waals surface area (Å²) in [4.78, 5) is 14.6. The first-order valence-electron chi connectivity index (χ1n) is 8.40. The van der Waals surface area contributed by atoms with E-state index in [0.29, 0.717) is 19.8 Å². The van der Waals surface area contributed by atoms with Gasteiger partial charge >= 0.3 is 0 Å². The van der Waals surface area contributed by atoms with Crippen molar-refractivity contribution in [1.82, 2.24) is 14.7 Å². The molecule has 0 radical (unpaired) electrons. The summed E-state index contributed by atoms with van der Waals surface area (Å²) in [7, 11) is 0. The van der Waals surface area contributed by atoms with Crippen LogP contribution in [0.4, 0.5) is 0 Å². The van der Waals surface area contributed by atoms with Crippen molar-refractivity contribution in [2.24, 2.45) is 5.92 Å². The molecule has 1 atom stereocenters. The molecule has 3 heterocycles. The molecule has 5 nitrogen and oxygen atoms in total. The zero-order valence-electron chi connectivity index (χ0n) is 13.4. The van der Waals surface area contributed by atoms with Crippen LogP contribution in [0.1, 0.15) is 18.5 Å². The number of halogens is 1. The summed E-state index contributed by atoms with van der Waals surface area (Å²) in [5.74, 6) is 0.241. The van der Waals surface area contributed by atoms with Gasteiger partial charge in [0.2, 0.25) is 5.91 Å². The number of aromatic nitrogens is 2. The maximum Gasteiger partial charge on any atom is 0.228 e. The number of aryl methyl sites for hydroxylation is 1. The third kappa shape index (κ3) is 3.06. The molecular formula is C18H20ClN3O2. The molecular weight excluding hydrogens is 326 g/mol. The number of benzene rings is 1. The highest BCUT2D eigenvalue weighted by Gasteiger charge is 2.29. The van der Waals surface area contributed by atoms with Crippen molar-refractivity contribution < 1.29 is 9.53 Å². The topological polar surface area (TPSA) is 47.4 Å². The highest BCUT2D eigenvalue weighted by molar-refractivity contribution is 6.30. The number of carbonyl (C=O) groups is 1. The zero-order valence-corrected chi connectivity index (χ0v) is 14.2. The van der Waals surface area contributed by atoms with E-state index in [0.717, 1.165) is 47.9 Å². The minimum absolute atomic E-state index is 0.0233. The van der Waals surface area contributed by atoms with Gasteiger partial charge in [-0.3, -0.25) is 9.48 Å². The van der Waals surface area contributed by atoms with Crippen LogP contribution in [0, 0.1) is 5.92 Å². The summed E-state index contributed by atoms with van der Waals surface area (Å²) < 4.78 is 7.40. The van der Waals surface area contributed by atoms with Crippen LogP contribution in [0.15, 0.2) is 30.3 Å². The average Bonchev–Trinajstić information content (AvgIpc) is 3.21. The van der Waals surface area contributed by atoms with Gasteiger partial charge in [-0.1, -0.05) is 23.7 Å². The Morgan fingerprint density at radius 1 is 1.25 bits per heavy atom. The van der Waals surface area contributed by atoms with Crippen molar-refractivity contribution in [3.63, 3.8) is 0 Å². The van der Waals surface area contributed by atoms with E-state index in [1.165, 1.54) is 0 Å². The number of amides is 1. The maximum atomic E-state index is 12.7. The molecule has 1 aromatic carbocycles. The first-order chi connectivity index (χ1) is 11.7. The van der Waals surface area contributed by atoms with Gasteiger partial charge in [-0.15, -0.1) is 0 Å². The first kappa shape index (κ1) is 15.7. The zero-order chi connectivity index (χ0) is 16.5. The Balaban J connectivity index is 1.56. The van der Waals surface area contributed by atoms with Crippen LogP contribution in [-0.2, 0) is 22.6 Å². The van der Waals surface area contributed by atoms with Gasteiger partial charge in [0.05, 0.1) is 30.5 Å².